The number of phenols is 1. The number of rotatable bonds is 6. The summed E-state index contributed by atoms with van der Waals surface area (Å²) < 4.78 is 0. The van der Waals surface area contributed by atoms with Gasteiger partial charge in [0.25, 0.3) is 0 Å². The summed E-state index contributed by atoms with van der Waals surface area (Å²) in [5.74, 6) is -0.0713. The first-order valence-electron chi connectivity index (χ1n) is 9.00. The van der Waals surface area contributed by atoms with E-state index >= 15 is 0 Å². The van der Waals surface area contributed by atoms with Crippen molar-refractivity contribution in [1.29, 1.82) is 10.8 Å². The van der Waals surface area contributed by atoms with Crippen LogP contribution in [0.4, 0.5) is 0 Å². The number of nitrogens with two attached hydrogens (primary N) is 1. The lowest BCUT2D eigenvalue weighted by Crippen LogP contribution is -2.42. The van der Waals surface area contributed by atoms with Crippen LogP contribution in [0.25, 0.3) is 5.57 Å². The quantitative estimate of drug-likeness (QED) is 0.400. The van der Waals surface area contributed by atoms with Crippen LogP contribution in [-0.2, 0) is 6.54 Å². The number of phenolic OH excluding ortho intramolecular Hbond substituents is 1. The highest BCUT2D eigenvalue weighted by Crippen LogP contribution is 2.21. The molecule has 0 spiro atoms. The van der Waals surface area contributed by atoms with E-state index in [0.717, 1.165) is 38.3 Å². The van der Waals surface area contributed by atoms with Crippen LogP contribution in [0.3, 0.4) is 0 Å². The standard InChI is InChI=1S/C21H25N5O/c22-19(17-3-1-2-4-20(17)27)13-18(21(23)24)16-7-5-15(6-8-16)14-26-11-9-25-10-12-26/h1-8,13,22,25,27H,9-12,14H2,(H3,23,24)/b18-13-,22-19?. The molecule has 6 heteroatoms. The Labute approximate surface area is 159 Å². The Morgan fingerprint density at radius 1 is 1.07 bits per heavy atom. The summed E-state index contributed by atoms with van der Waals surface area (Å²) in [6, 6.07) is 14.6. The molecule has 140 valence electrons. The van der Waals surface area contributed by atoms with Crippen LogP contribution in [0.2, 0.25) is 0 Å². The van der Waals surface area contributed by atoms with Crippen LogP contribution >= 0.6 is 0 Å². The number of hydrogen-bond acceptors (Lipinski definition) is 5. The molecule has 0 atom stereocenters. The third-order valence-corrected chi connectivity index (χ3v) is 4.65. The van der Waals surface area contributed by atoms with Crippen molar-refractivity contribution in [1.82, 2.24) is 10.2 Å². The second kappa shape index (κ2) is 8.62. The Kier molecular flexibility index (Phi) is 6.01. The summed E-state index contributed by atoms with van der Waals surface area (Å²) >= 11 is 0. The molecule has 6 N–H and O–H groups in total. The molecule has 0 aromatic heterocycles. The molecule has 0 radical (unpaired) electrons. The Morgan fingerprint density at radius 2 is 1.74 bits per heavy atom. The van der Waals surface area contributed by atoms with Gasteiger partial charge < -0.3 is 21.6 Å². The summed E-state index contributed by atoms with van der Waals surface area (Å²) in [5, 5.41) is 29.4. The lowest BCUT2D eigenvalue weighted by molar-refractivity contribution is 0.233. The number of nitrogens with zero attached hydrogens (tertiary/aromatic N) is 1. The molecule has 2 aromatic carbocycles. The largest absolute Gasteiger partial charge is 0.507 e. The third-order valence-electron chi connectivity index (χ3n) is 4.65. The van der Waals surface area contributed by atoms with Gasteiger partial charge in [0.15, 0.2) is 0 Å². The summed E-state index contributed by atoms with van der Waals surface area (Å²) in [6.07, 6.45) is 1.53. The molecule has 3 rings (SSSR count). The van der Waals surface area contributed by atoms with Crippen LogP contribution in [0.1, 0.15) is 16.7 Å². The van der Waals surface area contributed by atoms with Crippen LogP contribution < -0.4 is 11.1 Å². The number of nitrogens with one attached hydrogen (secondary N) is 3. The number of para-hydroxylation sites is 1. The first-order valence-corrected chi connectivity index (χ1v) is 9.00. The van der Waals surface area contributed by atoms with Crippen molar-refractivity contribution in [3.8, 4) is 5.75 Å². The van der Waals surface area contributed by atoms with Crippen molar-refractivity contribution in [2.75, 3.05) is 26.2 Å². The Bertz CT molecular complexity index is 851. The first kappa shape index (κ1) is 18.8. The van der Waals surface area contributed by atoms with Gasteiger partial charge >= 0.3 is 0 Å². The summed E-state index contributed by atoms with van der Waals surface area (Å²) in [4.78, 5) is 2.40. The van der Waals surface area contributed by atoms with Crippen LogP contribution in [0.5, 0.6) is 5.75 Å². The van der Waals surface area contributed by atoms with Crippen molar-refractivity contribution in [3.63, 3.8) is 0 Å². The van der Waals surface area contributed by atoms with E-state index in [-0.39, 0.29) is 17.3 Å². The SMILES string of the molecule is N=C(N)/C(=C\C(=N)c1ccccc1O)c1ccc(CN2CCNCC2)cc1. The zero-order valence-corrected chi connectivity index (χ0v) is 15.2. The van der Waals surface area contributed by atoms with Gasteiger partial charge in [-0.3, -0.25) is 10.3 Å². The smallest absolute Gasteiger partial charge is 0.124 e. The topological polar surface area (TPSA) is 109 Å². The molecule has 1 heterocycles. The number of amidine groups is 1. The molecule has 1 fully saturated rings. The van der Waals surface area contributed by atoms with Gasteiger partial charge in [0.05, 0.1) is 5.71 Å². The first-order chi connectivity index (χ1) is 13.0. The maximum atomic E-state index is 9.93. The van der Waals surface area contributed by atoms with Gasteiger partial charge in [-0.1, -0.05) is 36.4 Å². The summed E-state index contributed by atoms with van der Waals surface area (Å²) in [7, 11) is 0. The van der Waals surface area contributed by atoms with Gasteiger partial charge in [0, 0.05) is 43.9 Å². The number of hydrogen-bond donors (Lipinski definition) is 5. The predicted molar refractivity (Wildman–Crippen MR) is 109 cm³/mol. The van der Waals surface area contributed by atoms with Gasteiger partial charge in [-0.25, -0.2) is 0 Å². The predicted octanol–water partition coefficient (Wildman–Crippen LogP) is 2.18. The number of benzene rings is 2. The average molecular weight is 363 g/mol. The van der Waals surface area contributed by atoms with E-state index in [2.05, 4.69) is 10.2 Å². The highest BCUT2D eigenvalue weighted by molar-refractivity contribution is 6.27. The molecule has 2 aromatic rings. The van der Waals surface area contributed by atoms with E-state index in [1.165, 1.54) is 17.7 Å². The normalized spacial score (nSPS) is 15.5. The van der Waals surface area contributed by atoms with Crippen molar-refractivity contribution >= 4 is 17.1 Å². The molecule has 1 aliphatic rings. The Balaban J connectivity index is 1.79. The number of allylic oxidation sites excluding steroid dienone is 1. The van der Waals surface area contributed by atoms with Crippen LogP contribution in [-0.4, -0.2) is 47.7 Å². The van der Waals surface area contributed by atoms with Gasteiger partial charge in [-0.2, -0.15) is 0 Å². The van der Waals surface area contributed by atoms with Crippen molar-refractivity contribution in [3.05, 3.63) is 71.3 Å². The monoisotopic (exact) mass is 363 g/mol. The van der Waals surface area contributed by atoms with Crippen molar-refractivity contribution in [2.45, 2.75) is 6.54 Å². The fourth-order valence-electron chi connectivity index (χ4n) is 3.16. The van der Waals surface area contributed by atoms with E-state index in [4.69, 9.17) is 16.6 Å². The summed E-state index contributed by atoms with van der Waals surface area (Å²) in [5.41, 5.74) is 8.75. The second-order valence-corrected chi connectivity index (χ2v) is 6.63. The highest BCUT2D eigenvalue weighted by atomic mass is 16.3. The lowest BCUT2D eigenvalue weighted by atomic mass is 9.99. The van der Waals surface area contributed by atoms with Crippen molar-refractivity contribution in [2.24, 2.45) is 5.73 Å². The lowest BCUT2D eigenvalue weighted by Gasteiger charge is -2.27. The van der Waals surface area contributed by atoms with Gasteiger partial charge in [0.2, 0.25) is 0 Å². The minimum atomic E-state index is -0.106. The Hall–Kier alpha value is -2.96. The average Bonchev–Trinajstić information content (AvgIpc) is 2.68. The van der Waals surface area contributed by atoms with Crippen LogP contribution in [0, 0.1) is 10.8 Å². The number of piperazine rings is 1. The van der Waals surface area contributed by atoms with E-state index in [9.17, 15) is 5.11 Å². The van der Waals surface area contributed by atoms with Crippen molar-refractivity contribution < 1.29 is 5.11 Å². The number of aromatic hydroxyl groups is 1. The minimum Gasteiger partial charge on any atom is -0.507 e. The van der Waals surface area contributed by atoms with Gasteiger partial charge in [0.1, 0.15) is 11.6 Å². The van der Waals surface area contributed by atoms with Gasteiger partial charge in [-0.05, 0) is 29.3 Å². The Morgan fingerprint density at radius 3 is 2.37 bits per heavy atom. The van der Waals surface area contributed by atoms with E-state index in [0.29, 0.717) is 11.1 Å². The summed E-state index contributed by atoms with van der Waals surface area (Å²) in [6.45, 7) is 5.01. The molecule has 0 saturated carbocycles. The molecule has 0 amide bonds. The fourth-order valence-corrected chi connectivity index (χ4v) is 3.16. The van der Waals surface area contributed by atoms with Crippen LogP contribution in [0.15, 0.2) is 54.6 Å². The van der Waals surface area contributed by atoms with Gasteiger partial charge in [-0.15, -0.1) is 0 Å². The fraction of sp³-hybridized carbons (Fsp3) is 0.238. The zero-order valence-electron chi connectivity index (χ0n) is 15.2. The molecule has 27 heavy (non-hydrogen) atoms. The molecule has 1 aliphatic heterocycles. The maximum absolute atomic E-state index is 9.93. The minimum absolute atomic E-state index is 0.0352. The maximum Gasteiger partial charge on any atom is 0.124 e. The molecule has 1 saturated heterocycles. The second-order valence-electron chi connectivity index (χ2n) is 6.63. The van der Waals surface area contributed by atoms with E-state index in [1.807, 2.05) is 24.3 Å². The molecule has 0 aliphatic carbocycles. The van der Waals surface area contributed by atoms with E-state index < -0.39 is 0 Å². The molecular weight excluding hydrogens is 338 g/mol. The van der Waals surface area contributed by atoms with E-state index in [1.54, 1.807) is 18.2 Å². The highest BCUT2D eigenvalue weighted by Gasteiger charge is 2.12. The molecular formula is C21H25N5O. The molecule has 0 bridgehead atoms. The third kappa shape index (κ3) is 4.81. The zero-order chi connectivity index (χ0) is 19.2. The molecule has 0 unspecified atom stereocenters. The molecule has 6 nitrogen and oxygen atoms in total.